The molecule has 0 atom stereocenters. The first-order valence-corrected chi connectivity index (χ1v) is 11.0. The molecular formula is C23H31ClN4OS. The number of hydrogen-bond acceptors (Lipinski definition) is 4. The number of benzene rings is 1. The molecule has 1 aliphatic rings. The van der Waals surface area contributed by atoms with Gasteiger partial charge in [0.2, 0.25) is 0 Å². The quantitative estimate of drug-likeness (QED) is 0.611. The summed E-state index contributed by atoms with van der Waals surface area (Å²) in [4.78, 5) is 6.78. The second kappa shape index (κ2) is 9.08. The highest BCUT2D eigenvalue weighted by molar-refractivity contribution is 7.80. The van der Waals surface area contributed by atoms with Crippen molar-refractivity contribution < 1.29 is 4.74 Å². The van der Waals surface area contributed by atoms with Crippen molar-refractivity contribution in [3.8, 4) is 5.75 Å². The van der Waals surface area contributed by atoms with Crippen molar-refractivity contribution in [3.05, 3.63) is 53.3 Å². The van der Waals surface area contributed by atoms with Crippen LogP contribution in [0.15, 0.2) is 42.6 Å². The number of ether oxygens (including phenoxy) is 1. The van der Waals surface area contributed by atoms with Crippen molar-refractivity contribution in [1.82, 2.24) is 15.2 Å². The first-order valence-electron chi connectivity index (χ1n) is 10.2. The first kappa shape index (κ1) is 22.8. The van der Waals surface area contributed by atoms with E-state index in [1.165, 1.54) is 0 Å². The maximum atomic E-state index is 6.42. The van der Waals surface area contributed by atoms with Gasteiger partial charge >= 0.3 is 0 Å². The lowest BCUT2D eigenvalue weighted by Gasteiger charge is -2.50. The van der Waals surface area contributed by atoms with Crippen molar-refractivity contribution in [3.63, 3.8) is 0 Å². The fourth-order valence-electron chi connectivity index (χ4n) is 4.44. The third-order valence-corrected chi connectivity index (χ3v) is 6.01. The summed E-state index contributed by atoms with van der Waals surface area (Å²) >= 11 is 12.3. The van der Waals surface area contributed by atoms with Crippen LogP contribution in [0.4, 0.5) is 5.69 Å². The highest BCUT2D eigenvalue weighted by Gasteiger charge is 2.40. The van der Waals surface area contributed by atoms with Crippen LogP contribution in [-0.2, 0) is 6.54 Å². The Labute approximate surface area is 190 Å². The zero-order chi connectivity index (χ0) is 21.9. The molecule has 3 rings (SSSR count). The van der Waals surface area contributed by atoms with Crippen molar-refractivity contribution in [1.29, 1.82) is 0 Å². The van der Waals surface area contributed by atoms with Gasteiger partial charge in [-0.3, -0.25) is 4.98 Å². The molecule has 1 aliphatic heterocycles. The number of hydrogen-bond donors (Lipinski definition) is 2. The zero-order valence-electron chi connectivity index (χ0n) is 18.3. The topological polar surface area (TPSA) is 49.4 Å². The SMILES string of the molecule is COc1ccc(Cl)c(NC(=S)N(Cc2ccccn2)C2CC(C)(C)NC(C)(C)C2)c1. The summed E-state index contributed by atoms with van der Waals surface area (Å²) in [6, 6.07) is 11.7. The van der Waals surface area contributed by atoms with E-state index in [-0.39, 0.29) is 17.1 Å². The van der Waals surface area contributed by atoms with Gasteiger partial charge < -0.3 is 20.3 Å². The van der Waals surface area contributed by atoms with Crippen molar-refractivity contribution >= 4 is 34.6 Å². The molecule has 0 aliphatic carbocycles. The maximum Gasteiger partial charge on any atom is 0.174 e. The summed E-state index contributed by atoms with van der Waals surface area (Å²) in [6.07, 6.45) is 3.76. The van der Waals surface area contributed by atoms with E-state index < -0.39 is 0 Å². The summed E-state index contributed by atoms with van der Waals surface area (Å²) in [6.45, 7) is 9.61. The van der Waals surface area contributed by atoms with Crippen LogP contribution >= 0.6 is 23.8 Å². The van der Waals surface area contributed by atoms with Crippen LogP contribution in [0.25, 0.3) is 0 Å². The van der Waals surface area contributed by atoms with Crippen molar-refractivity contribution in [2.24, 2.45) is 0 Å². The van der Waals surface area contributed by atoms with Gasteiger partial charge in [0.05, 0.1) is 30.1 Å². The van der Waals surface area contributed by atoms with E-state index in [0.717, 1.165) is 30.0 Å². The monoisotopic (exact) mass is 446 g/mol. The van der Waals surface area contributed by atoms with Gasteiger partial charge in [-0.2, -0.15) is 0 Å². The third-order valence-electron chi connectivity index (χ3n) is 5.34. The highest BCUT2D eigenvalue weighted by atomic mass is 35.5. The number of anilines is 1. The molecule has 1 aromatic carbocycles. The average molecular weight is 447 g/mol. The van der Waals surface area contributed by atoms with Gasteiger partial charge in [0.1, 0.15) is 5.75 Å². The number of nitrogens with one attached hydrogen (secondary N) is 2. The molecule has 2 heterocycles. The number of rotatable bonds is 5. The molecule has 0 unspecified atom stereocenters. The summed E-state index contributed by atoms with van der Waals surface area (Å²) in [7, 11) is 1.64. The van der Waals surface area contributed by atoms with Crippen molar-refractivity contribution in [2.45, 2.75) is 64.2 Å². The molecule has 30 heavy (non-hydrogen) atoms. The Kier molecular flexibility index (Phi) is 6.90. The lowest BCUT2D eigenvalue weighted by molar-refractivity contribution is 0.101. The van der Waals surface area contributed by atoms with E-state index in [9.17, 15) is 0 Å². The minimum atomic E-state index is -0.00198. The molecule has 0 spiro atoms. The predicted octanol–water partition coefficient (Wildman–Crippen LogP) is 5.25. The number of halogens is 1. The van der Waals surface area contributed by atoms with Crippen LogP contribution in [0.1, 0.15) is 46.2 Å². The van der Waals surface area contributed by atoms with Crippen LogP contribution in [0, 0.1) is 0 Å². The van der Waals surface area contributed by atoms with Gasteiger partial charge in [0.15, 0.2) is 5.11 Å². The molecule has 1 fully saturated rings. The fourth-order valence-corrected chi connectivity index (χ4v) is 4.92. The van der Waals surface area contributed by atoms with Gasteiger partial charge in [0.25, 0.3) is 0 Å². The molecule has 162 valence electrons. The van der Waals surface area contributed by atoms with E-state index in [1.54, 1.807) is 7.11 Å². The molecule has 0 bridgehead atoms. The predicted molar refractivity (Wildman–Crippen MR) is 128 cm³/mol. The summed E-state index contributed by atoms with van der Waals surface area (Å²) in [5.74, 6) is 0.727. The Bertz CT molecular complexity index is 872. The number of aromatic nitrogens is 1. The van der Waals surface area contributed by atoms with Gasteiger partial charge in [-0.1, -0.05) is 17.7 Å². The number of nitrogens with zero attached hydrogens (tertiary/aromatic N) is 2. The molecule has 2 aromatic rings. The van der Waals surface area contributed by atoms with Crippen LogP contribution in [0.2, 0.25) is 5.02 Å². The lowest BCUT2D eigenvalue weighted by Crippen LogP contribution is -2.63. The summed E-state index contributed by atoms with van der Waals surface area (Å²) < 4.78 is 5.34. The second-order valence-corrected chi connectivity index (χ2v) is 9.97. The molecule has 0 saturated carbocycles. The van der Waals surface area contributed by atoms with Crippen LogP contribution in [0.5, 0.6) is 5.75 Å². The standard InChI is InChI=1S/C23H31ClN4OS/c1-22(2)13-17(14-23(3,4)27-22)28(15-16-8-6-7-11-25-16)21(30)26-20-12-18(29-5)9-10-19(20)24/h6-12,17,27H,13-15H2,1-5H3,(H,26,30). The molecule has 0 amide bonds. The Morgan fingerprint density at radius 2 is 1.93 bits per heavy atom. The molecule has 7 heteroatoms. The molecule has 5 nitrogen and oxygen atoms in total. The van der Waals surface area contributed by atoms with Gasteiger partial charge in [0, 0.05) is 29.4 Å². The van der Waals surface area contributed by atoms with E-state index in [4.69, 9.17) is 28.6 Å². The van der Waals surface area contributed by atoms with Gasteiger partial charge in [-0.05, 0) is 77.0 Å². The third kappa shape index (κ3) is 5.84. The summed E-state index contributed by atoms with van der Waals surface area (Å²) in [5.41, 5.74) is 1.71. The van der Waals surface area contributed by atoms with Crippen LogP contribution < -0.4 is 15.4 Å². The normalized spacial score (nSPS) is 17.9. The Hall–Kier alpha value is -1.89. The largest absolute Gasteiger partial charge is 0.497 e. The van der Waals surface area contributed by atoms with E-state index in [2.05, 4.69) is 48.2 Å². The zero-order valence-corrected chi connectivity index (χ0v) is 19.9. The Balaban J connectivity index is 1.90. The molecule has 2 N–H and O–H groups in total. The second-order valence-electron chi connectivity index (χ2n) is 9.18. The van der Waals surface area contributed by atoms with E-state index in [0.29, 0.717) is 16.7 Å². The fraction of sp³-hybridized carbons (Fsp3) is 0.478. The smallest absolute Gasteiger partial charge is 0.174 e. The van der Waals surface area contributed by atoms with Gasteiger partial charge in [-0.25, -0.2) is 0 Å². The Morgan fingerprint density at radius 1 is 1.23 bits per heavy atom. The molecular weight excluding hydrogens is 416 g/mol. The molecule has 0 radical (unpaired) electrons. The Morgan fingerprint density at radius 3 is 2.53 bits per heavy atom. The first-order chi connectivity index (χ1) is 14.1. The number of piperidine rings is 1. The lowest BCUT2D eigenvalue weighted by atomic mass is 9.79. The molecule has 1 saturated heterocycles. The van der Waals surface area contributed by atoms with E-state index in [1.807, 2.05) is 42.6 Å². The minimum Gasteiger partial charge on any atom is -0.497 e. The maximum absolute atomic E-state index is 6.42. The highest BCUT2D eigenvalue weighted by Crippen LogP contribution is 2.33. The number of methoxy groups -OCH3 is 1. The number of thiocarbonyl (C=S) groups is 1. The van der Waals surface area contributed by atoms with Crippen molar-refractivity contribution in [2.75, 3.05) is 12.4 Å². The van der Waals surface area contributed by atoms with Crippen LogP contribution in [-0.4, -0.2) is 39.2 Å². The van der Waals surface area contributed by atoms with Crippen LogP contribution in [0.3, 0.4) is 0 Å². The minimum absolute atomic E-state index is 0.00198. The number of pyridine rings is 1. The van der Waals surface area contributed by atoms with Gasteiger partial charge in [-0.15, -0.1) is 0 Å². The summed E-state index contributed by atoms with van der Waals surface area (Å²) in [5, 5.41) is 8.34. The van der Waals surface area contributed by atoms with E-state index >= 15 is 0 Å². The molecule has 1 aromatic heterocycles. The average Bonchev–Trinajstić information content (AvgIpc) is 2.66.